The molecule has 0 saturated heterocycles. The Morgan fingerprint density at radius 2 is 1.89 bits per heavy atom. The van der Waals surface area contributed by atoms with Crippen molar-refractivity contribution in [1.29, 1.82) is 0 Å². The van der Waals surface area contributed by atoms with Crippen LogP contribution in [0.1, 0.15) is 16.8 Å². The van der Waals surface area contributed by atoms with E-state index in [-0.39, 0.29) is 11.3 Å². The molecule has 0 bridgehead atoms. The Hall–Kier alpha value is -2.23. The van der Waals surface area contributed by atoms with Crippen LogP contribution in [0.3, 0.4) is 0 Å². The van der Waals surface area contributed by atoms with Crippen molar-refractivity contribution in [2.24, 2.45) is 0 Å². The summed E-state index contributed by atoms with van der Waals surface area (Å²) in [5.41, 5.74) is 6.82. The highest BCUT2D eigenvalue weighted by molar-refractivity contribution is 5.71. The zero-order valence-corrected chi connectivity index (χ0v) is 9.82. The Balaban J connectivity index is 2.34. The van der Waals surface area contributed by atoms with Crippen LogP contribution in [0.4, 0.5) is 14.5 Å². The second-order valence-electron chi connectivity index (χ2n) is 3.93. The Labute approximate surface area is 104 Å². The van der Waals surface area contributed by atoms with E-state index >= 15 is 0 Å². The molecule has 0 spiro atoms. The highest BCUT2D eigenvalue weighted by Gasteiger charge is 2.08. The van der Waals surface area contributed by atoms with E-state index in [1.165, 1.54) is 12.1 Å². The molecule has 0 saturated carbocycles. The van der Waals surface area contributed by atoms with E-state index in [1.807, 2.05) is 19.1 Å². The van der Waals surface area contributed by atoms with Crippen LogP contribution in [-0.2, 0) is 0 Å². The Morgan fingerprint density at radius 1 is 1.11 bits per heavy atom. The number of aryl methyl sites for hydroxylation is 1. The molecule has 2 aromatic rings. The second kappa shape index (κ2) is 4.96. The van der Waals surface area contributed by atoms with Crippen LogP contribution in [0.15, 0.2) is 30.5 Å². The molecule has 2 nitrogen and oxygen atoms in total. The number of anilines is 1. The molecule has 2 N–H and O–H groups in total. The van der Waals surface area contributed by atoms with Gasteiger partial charge in [0.05, 0.1) is 5.69 Å². The highest BCUT2D eigenvalue weighted by Crippen LogP contribution is 2.20. The van der Waals surface area contributed by atoms with Crippen LogP contribution in [0, 0.1) is 18.6 Å². The van der Waals surface area contributed by atoms with Crippen LogP contribution in [0.5, 0.6) is 0 Å². The average molecular weight is 246 g/mol. The van der Waals surface area contributed by atoms with Crippen molar-refractivity contribution in [3.05, 3.63) is 58.9 Å². The summed E-state index contributed by atoms with van der Waals surface area (Å²) in [4.78, 5) is 4.09. The van der Waals surface area contributed by atoms with Gasteiger partial charge in [0.25, 0.3) is 0 Å². The van der Waals surface area contributed by atoms with Gasteiger partial charge in [0.15, 0.2) is 5.82 Å². The summed E-state index contributed by atoms with van der Waals surface area (Å²) in [5, 5.41) is 0. The summed E-state index contributed by atoms with van der Waals surface area (Å²) in [5.74, 6) is -1.38. The molecule has 2 rings (SSSR count). The maximum Gasteiger partial charge on any atom is 0.156 e. The van der Waals surface area contributed by atoms with Crippen molar-refractivity contribution in [2.75, 3.05) is 5.73 Å². The smallest absolute Gasteiger partial charge is 0.156 e. The number of nitrogens with two attached hydrogens (primary N) is 1. The van der Waals surface area contributed by atoms with Crippen LogP contribution in [0.25, 0.3) is 12.2 Å². The van der Waals surface area contributed by atoms with Gasteiger partial charge in [0, 0.05) is 17.5 Å². The lowest BCUT2D eigenvalue weighted by atomic mass is 10.1. The quantitative estimate of drug-likeness (QED) is 0.824. The van der Waals surface area contributed by atoms with Gasteiger partial charge in [-0.25, -0.2) is 8.78 Å². The first-order valence-corrected chi connectivity index (χ1v) is 5.42. The summed E-state index contributed by atoms with van der Waals surface area (Å²) >= 11 is 0. The van der Waals surface area contributed by atoms with E-state index in [4.69, 9.17) is 5.73 Å². The van der Waals surface area contributed by atoms with Gasteiger partial charge in [-0.15, -0.1) is 0 Å². The zero-order chi connectivity index (χ0) is 13.1. The predicted molar refractivity (Wildman–Crippen MR) is 68.7 cm³/mol. The lowest BCUT2D eigenvalue weighted by molar-refractivity contribution is 0.582. The number of nitrogens with zero attached hydrogens (tertiary/aromatic N) is 1. The summed E-state index contributed by atoms with van der Waals surface area (Å²) in [6, 6.07) is 5.99. The molecule has 4 heteroatoms. The molecule has 0 amide bonds. The molecule has 0 fully saturated rings. The SMILES string of the molecule is Cc1ccc(C=Cc2c(F)ccc(N)c2F)cn1. The fourth-order valence-corrected chi connectivity index (χ4v) is 1.50. The fraction of sp³-hybridized carbons (Fsp3) is 0.0714. The zero-order valence-electron chi connectivity index (χ0n) is 9.82. The minimum absolute atomic E-state index is 0.0712. The van der Waals surface area contributed by atoms with Crippen molar-refractivity contribution in [1.82, 2.24) is 4.98 Å². The number of rotatable bonds is 2. The first kappa shape index (κ1) is 12.2. The van der Waals surface area contributed by atoms with Crippen molar-refractivity contribution < 1.29 is 8.78 Å². The van der Waals surface area contributed by atoms with Crippen molar-refractivity contribution in [3.63, 3.8) is 0 Å². The van der Waals surface area contributed by atoms with Gasteiger partial charge in [-0.1, -0.05) is 12.1 Å². The molecule has 0 radical (unpaired) electrons. The Kier molecular flexibility index (Phi) is 3.37. The fourth-order valence-electron chi connectivity index (χ4n) is 1.50. The number of hydrogen-bond donors (Lipinski definition) is 1. The summed E-state index contributed by atoms with van der Waals surface area (Å²) < 4.78 is 27.0. The second-order valence-corrected chi connectivity index (χ2v) is 3.93. The van der Waals surface area contributed by atoms with Crippen LogP contribution >= 0.6 is 0 Å². The predicted octanol–water partition coefficient (Wildman–Crippen LogP) is 3.42. The van der Waals surface area contributed by atoms with Gasteiger partial charge in [-0.2, -0.15) is 0 Å². The molecular weight excluding hydrogens is 234 g/mol. The van der Waals surface area contributed by atoms with E-state index in [2.05, 4.69) is 4.98 Å². The molecule has 0 aliphatic carbocycles. The first-order chi connectivity index (χ1) is 8.58. The molecule has 0 aliphatic heterocycles. The number of nitrogen functional groups attached to an aromatic ring is 1. The molecule has 1 heterocycles. The van der Waals surface area contributed by atoms with Crippen molar-refractivity contribution >= 4 is 17.8 Å². The third-order valence-corrected chi connectivity index (χ3v) is 2.53. The van der Waals surface area contributed by atoms with Gasteiger partial charge >= 0.3 is 0 Å². The van der Waals surface area contributed by atoms with E-state index in [0.29, 0.717) is 0 Å². The molecule has 0 unspecified atom stereocenters. The van der Waals surface area contributed by atoms with Gasteiger partial charge in [-0.05, 0) is 36.8 Å². The minimum Gasteiger partial charge on any atom is -0.396 e. The van der Waals surface area contributed by atoms with Crippen molar-refractivity contribution in [3.8, 4) is 0 Å². The number of aromatic nitrogens is 1. The lowest BCUT2D eigenvalue weighted by Gasteiger charge is -2.02. The molecule has 92 valence electrons. The minimum atomic E-state index is -0.744. The van der Waals surface area contributed by atoms with E-state index in [1.54, 1.807) is 12.3 Å². The molecule has 1 aromatic carbocycles. The molecule has 0 aliphatic rings. The average Bonchev–Trinajstić information content (AvgIpc) is 2.36. The number of benzene rings is 1. The van der Waals surface area contributed by atoms with Gasteiger partial charge in [-0.3, -0.25) is 4.98 Å². The molecule has 18 heavy (non-hydrogen) atoms. The van der Waals surface area contributed by atoms with Gasteiger partial charge in [0.1, 0.15) is 5.82 Å². The highest BCUT2D eigenvalue weighted by atomic mass is 19.1. The number of pyridine rings is 1. The summed E-state index contributed by atoms with van der Waals surface area (Å²) in [7, 11) is 0. The van der Waals surface area contributed by atoms with Crippen LogP contribution in [0.2, 0.25) is 0 Å². The topological polar surface area (TPSA) is 38.9 Å². The normalized spacial score (nSPS) is 11.1. The monoisotopic (exact) mass is 246 g/mol. The van der Waals surface area contributed by atoms with Crippen molar-refractivity contribution in [2.45, 2.75) is 6.92 Å². The summed E-state index contributed by atoms with van der Waals surface area (Å²) in [6.07, 6.45) is 4.58. The maximum atomic E-state index is 13.6. The van der Waals surface area contributed by atoms with E-state index in [9.17, 15) is 8.78 Å². The summed E-state index contributed by atoms with van der Waals surface area (Å²) in [6.45, 7) is 1.87. The van der Waals surface area contributed by atoms with Crippen LogP contribution < -0.4 is 5.73 Å². The standard InChI is InChI=1S/C14H12F2N2/c1-9-2-3-10(8-18-9)4-5-11-12(15)6-7-13(17)14(11)16/h2-8H,17H2,1H3. The van der Waals surface area contributed by atoms with Gasteiger partial charge in [0.2, 0.25) is 0 Å². The lowest BCUT2D eigenvalue weighted by Crippen LogP contribution is -1.96. The van der Waals surface area contributed by atoms with Gasteiger partial charge < -0.3 is 5.73 Å². The molecular formula is C14H12F2N2. The number of halogens is 2. The van der Waals surface area contributed by atoms with E-state index in [0.717, 1.165) is 17.3 Å². The maximum absolute atomic E-state index is 13.6. The third-order valence-electron chi connectivity index (χ3n) is 2.53. The van der Waals surface area contributed by atoms with Crippen LogP contribution in [-0.4, -0.2) is 4.98 Å². The number of hydrogen-bond acceptors (Lipinski definition) is 2. The Morgan fingerprint density at radius 3 is 2.56 bits per heavy atom. The molecule has 0 atom stereocenters. The first-order valence-electron chi connectivity index (χ1n) is 5.42. The Bertz CT molecular complexity index is 589. The molecule has 1 aromatic heterocycles. The third kappa shape index (κ3) is 2.53. The van der Waals surface area contributed by atoms with E-state index < -0.39 is 11.6 Å². The largest absolute Gasteiger partial charge is 0.396 e.